The fourth-order valence-corrected chi connectivity index (χ4v) is 3.93. The minimum absolute atomic E-state index is 0.141. The number of alkyl carbamates (subject to hydrolysis) is 1. The van der Waals surface area contributed by atoms with Crippen molar-refractivity contribution in [1.29, 1.82) is 0 Å². The van der Waals surface area contributed by atoms with Crippen molar-refractivity contribution in [3.05, 3.63) is 35.9 Å². The molecule has 3 rings (SSSR count). The normalized spacial score (nSPS) is 17.6. The molecule has 1 atom stereocenters. The van der Waals surface area contributed by atoms with Gasteiger partial charge in [-0.1, -0.05) is 30.3 Å². The number of hydrogen-bond donors (Lipinski definition) is 1. The number of likely N-dealkylation sites (tertiary alicyclic amines) is 1. The highest BCUT2D eigenvalue weighted by molar-refractivity contribution is 6.04. The Morgan fingerprint density at radius 1 is 0.941 bits per heavy atom. The predicted molar refractivity (Wildman–Crippen MR) is 122 cm³/mol. The molecule has 10 heteroatoms. The number of nitrogens with one attached hydrogen (secondary N) is 1. The van der Waals surface area contributed by atoms with Gasteiger partial charge in [0.1, 0.15) is 18.2 Å². The number of carbonyl (C=O) groups excluding carboxylic acids is 5. The molecule has 2 saturated heterocycles. The second kappa shape index (κ2) is 10.7. The van der Waals surface area contributed by atoms with Gasteiger partial charge in [0.15, 0.2) is 0 Å². The molecule has 10 nitrogen and oxygen atoms in total. The van der Waals surface area contributed by atoms with Crippen LogP contribution in [0.3, 0.4) is 0 Å². The fourth-order valence-electron chi connectivity index (χ4n) is 3.93. The lowest BCUT2D eigenvalue weighted by molar-refractivity contribution is -0.147. The summed E-state index contributed by atoms with van der Waals surface area (Å²) in [4.78, 5) is 66.0. The molecule has 0 aromatic heterocycles. The minimum Gasteiger partial charge on any atom is -0.444 e. The van der Waals surface area contributed by atoms with Crippen LogP contribution in [0.1, 0.15) is 39.2 Å². The van der Waals surface area contributed by atoms with Crippen LogP contribution in [0.15, 0.2) is 30.3 Å². The Labute approximate surface area is 199 Å². The zero-order valence-electron chi connectivity index (χ0n) is 19.9. The van der Waals surface area contributed by atoms with Crippen LogP contribution in [0.2, 0.25) is 0 Å². The molecule has 2 fully saturated rings. The van der Waals surface area contributed by atoms with E-state index >= 15 is 0 Å². The number of ether oxygens (including phenoxy) is 1. The number of benzene rings is 1. The van der Waals surface area contributed by atoms with Gasteiger partial charge in [0.2, 0.25) is 23.6 Å². The molecule has 2 aliphatic heterocycles. The third-order valence-corrected chi connectivity index (χ3v) is 5.66. The zero-order valence-corrected chi connectivity index (χ0v) is 19.9. The van der Waals surface area contributed by atoms with Crippen molar-refractivity contribution in [3.8, 4) is 0 Å². The number of rotatable bonds is 6. The average molecular weight is 473 g/mol. The number of imide groups is 1. The van der Waals surface area contributed by atoms with Gasteiger partial charge >= 0.3 is 6.09 Å². The number of amides is 5. The summed E-state index contributed by atoms with van der Waals surface area (Å²) < 4.78 is 5.34. The van der Waals surface area contributed by atoms with Crippen LogP contribution in [0.25, 0.3) is 0 Å². The van der Waals surface area contributed by atoms with E-state index in [-0.39, 0.29) is 69.2 Å². The first kappa shape index (κ1) is 25.2. The van der Waals surface area contributed by atoms with Gasteiger partial charge in [-0.05, 0) is 26.3 Å². The number of nitrogens with zero attached hydrogens (tertiary/aromatic N) is 3. The molecule has 0 saturated carbocycles. The smallest absolute Gasteiger partial charge is 0.408 e. The molecule has 1 aromatic carbocycles. The van der Waals surface area contributed by atoms with Crippen molar-refractivity contribution < 1.29 is 28.7 Å². The lowest BCUT2D eigenvalue weighted by Gasteiger charge is -2.37. The van der Waals surface area contributed by atoms with Crippen molar-refractivity contribution in [3.63, 3.8) is 0 Å². The molecule has 2 aliphatic rings. The van der Waals surface area contributed by atoms with E-state index < -0.39 is 17.7 Å². The van der Waals surface area contributed by atoms with Crippen molar-refractivity contribution in [1.82, 2.24) is 20.0 Å². The van der Waals surface area contributed by atoms with Gasteiger partial charge in [0.05, 0.1) is 0 Å². The van der Waals surface area contributed by atoms with Crippen LogP contribution in [-0.4, -0.2) is 88.8 Å². The molecular formula is C24H32N4O6. The topological polar surface area (TPSA) is 116 Å². The Bertz CT molecular complexity index is 919. The van der Waals surface area contributed by atoms with Gasteiger partial charge in [-0.2, -0.15) is 0 Å². The van der Waals surface area contributed by atoms with Crippen molar-refractivity contribution in [2.45, 2.75) is 51.7 Å². The third kappa shape index (κ3) is 6.79. The van der Waals surface area contributed by atoms with Crippen molar-refractivity contribution >= 4 is 29.7 Å². The Hall–Kier alpha value is -3.43. The summed E-state index contributed by atoms with van der Waals surface area (Å²) in [6.07, 6.45) is -0.0865. The summed E-state index contributed by atoms with van der Waals surface area (Å²) in [5, 5.41) is 2.70. The molecular weight excluding hydrogens is 440 g/mol. The largest absolute Gasteiger partial charge is 0.444 e. The third-order valence-electron chi connectivity index (χ3n) is 5.66. The van der Waals surface area contributed by atoms with Crippen molar-refractivity contribution in [2.24, 2.45) is 0 Å². The van der Waals surface area contributed by atoms with Crippen LogP contribution in [0, 0.1) is 0 Å². The van der Waals surface area contributed by atoms with Crippen molar-refractivity contribution in [2.75, 3.05) is 32.7 Å². The second-order valence-corrected chi connectivity index (χ2v) is 9.47. The van der Waals surface area contributed by atoms with Gasteiger partial charge < -0.3 is 19.9 Å². The molecule has 184 valence electrons. The number of piperazine rings is 1. The van der Waals surface area contributed by atoms with Gasteiger partial charge in [-0.25, -0.2) is 4.79 Å². The van der Waals surface area contributed by atoms with E-state index in [2.05, 4.69) is 5.32 Å². The maximum Gasteiger partial charge on any atom is 0.408 e. The lowest BCUT2D eigenvalue weighted by Crippen LogP contribution is -2.57. The van der Waals surface area contributed by atoms with E-state index in [0.29, 0.717) is 6.42 Å². The fraction of sp³-hybridized carbons (Fsp3) is 0.542. The monoisotopic (exact) mass is 472 g/mol. The average Bonchev–Trinajstić information content (AvgIpc) is 3.09. The molecule has 34 heavy (non-hydrogen) atoms. The predicted octanol–water partition coefficient (Wildman–Crippen LogP) is 0.942. The highest BCUT2D eigenvalue weighted by atomic mass is 16.6. The van der Waals surface area contributed by atoms with E-state index in [4.69, 9.17) is 4.74 Å². The summed E-state index contributed by atoms with van der Waals surface area (Å²) in [5.74, 6) is -1.23. The zero-order chi connectivity index (χ0) is 24.9. The molecule has 1 N–H and O–H groups in total. The molecule has 0 spiro atoms. The SMILES string of the molecule is CC(C)(C)OC(=O)NC(Cc1ccccc1)C(=O)N1CCN(C(=O)CN2C(=O)CCC2=O)CC1. The Kier molecular flexibility index (Phi) is 7.90. The van der Waals surface area contributed by atoms with Crippen LogP contribution in [0.4, 0.5) is 4.79 Å². The lowest BCUT2D eigenvalue weighted by atomic mass is 10.0. The maximum absolute atomic E-state index is 13.3. The van der Waals surface area contributed by atoms with Crippen LogP contribution < -0.4 is 5.32 Å². The Balaban J connectivity index is 1.60. The second-order valence-electron chi connectivity index (χ2n) is 9.47. The summed E-state index contributed by atoms with van der Waals surface area (Å²) in [6.45, 7) is 6.13. The quantitative estimate of drug-likeness (QED) is 0.616. The summed E-state index contributed by atoms with van der Waals surface area (Å²) in [5.41, 5.74) is 0.194. The molecule has 1 aromatic rings. The molecule has 2 heterocycles. The summed E-state index contributed by atoms with van der Waals surface area (Å²) in [6, 6.07) is 8.55. The van der Waals surface area contributed by atoms with Gasteiger partial charge in [0, 0.05) is 45.4 Å². The van der Waals surface area contributed by atoms with E-state index in [1.54, 1.807) is 30.6 Å². The molecule has 0 aliphatic carbocycles. The first-order valence-corrected chi connectivity index (χ1v) is 11.5. The number of carbonyl (C=O) groups is 5. The van der Waals surface area contributed by atoms with E-state index in [9.17, 15) is 24.0 Å². The molecule has 5 amide bonds. The molecule has 0 bridgehead atoms. The summed E-state index contributed by atoms with van der Waals surface area (Å²) >= 11 is 0. The van der Waals surface area contributed by atoms with Crippen LogP contribution >= 0.6 is 0 Å². The first-order valence-electron chi connectivity index (χ1n) is 11.5. The minimum atomic E-state index is -0.820. The first-order chi connectivity index (χ1) is 16.0. The van der Waals surface area contributed by atoms with Crippen LogP contribution in [-0.2, 0) is 30.3 Å². The van der Waals surface area contributed by atoms with E-state index in [1.807, 2.05) is 30.3 Å². The van der Waals surface area contributed by atoms with Gasteiger partial charge in [-0.15, -0.1) is 0 Å². The Morgan fingerprint density at radius 2 is 1.50 bits per heavy atom. The standard InChI is InChI=1S/C24H32N4O6/c1-24(2,3)34-23(33)25-18(15-17-7-5-4-6-8-17)22(32)27-13-11-26(12-14-27)21(31)16-28-19(29)9-10-20(28)30/h4-8,18H,9-16H2,1-3H3,(H,25,33). The van der Waals surface area contributed by atoms with Gasteiger partial charge in [0.25, 0.3) is 0 Å². The maximum atomic E-state index is 13.3. The highest BCUT2D eigenvalue weighted by Gasteiger charge is 2.34. The number of hydrogen-bond acceptors (Lipinski definition) is 6. The van der Waals surface area contributed by atoms with Gasteiger partial charge in [-0.3, -0.25) is 24.1 Å². The molecule has 0 radical (unpaired) electrons. The highest BCUT2D eigenvalue weighted by Crippen LogP contribution is 2.14. The Morgan fingerprint density at radius 3 is 2.06 bits per heavy atom. The summed E-state index contributed by atoms with van der Waals surface area (Å²) in [7, 11) is 0. The van der Waals surface area contributed by atoms with E-state index in [1.165, 1.54) is 0 Å². The van der Waals surface area contributed by atoms with Crippen LogP contribution in [0.5, 0.6) is 0 Å². The van der Waals surface area contributed by atoms with E-state index in [0.717, 1.165) is 10.5 Å². The molecule has 1 unspecified atom stereocenters.